The second-order valence-electron chi connectivity index (χ2n) is 4.94. The van der Waals surface area contributed by atoms with Gasteiger partial charge in [-0.05, 0) is 25.0 Å². The highest BCUT2D eigenvalue weighted by Gasteiger charge is 2.41. The summed E-state index contributed by atoms with van der Waals surface area (Å²) in [5.74, 6) is -0.282. The highest BCUT2D eigenvalue weighted by Crippen LogP contribution is 2.30. The molecule has 2 N–H and O–H groups in total. The van der Waals surface area contributed by atoms with E-state index in [4.69, 9.17) is 5.11 Å². The van der Waals surface area contributed by atoms with Gasteiger partial charge in [0.15, 0.2) is 5.69 Å². The number of pyridine rings is 1. The summed E-state index contributed by atoms with van der Waals surface area (Å²) in [6.45, 7) is 1.43. The van der Waals surface area contributed by atoms with Crippen LogP contribution >= 0.6 is 0 Å². The number of aromatic carboxylic acids is 1. The SMILES string of the molecule is O=C(O)c1cccc(N2CCCC3C(=O)NCC32)n1. The van der Waals surface area contributed by atoms with Crippen molar-refractivity contribution in [3.63, 3.8) is 0 Å². The summed E-state index contributed by atoms with van der Waals surface area (Å²) >= 11 is 0. The summed E-state index contributed by atoms with van der Waals surface area (Å²) in [5, 5.41) is 11.9. The second-order valence-corrected chi connectivity index (χ2v) is 4.94. The van der Waals surface area contributed by atoms with Crippen LogP contribution in [0.2, 0.25) is 0 Å². The molecule has 0 spiro atoms. The Morgan fingerprint density at radius 3 is 3.11 bits per heavy atom. The molecule has 0 aliphatic carbocycles. The molecule has 0 radical (unpaired) electrons. The highest BCUT2D eigenvalue weighted by atomic mass is 16.4. The number of carboxylic acid groups (broad SMARTS) is 1. The minimum absolute atomic E-state index is 0.00374. The molecule has 2 aliphatic rings. The number of fused-ring (bicyclic) bond motifs is 1. The molecule has 19 heavy (non-hydrogen) atoms. The fourth-order valence-electron chi connectivity index (χ4n) is 2.94. The van der Waals surface area contributed by atoms with Gasteiger partial charge in [-0.25, -0.2) is 9.78 Å². The molecule has 0 saturated carbocycles. The lowest BCUT2D eigenvalue weighted by atomic mass is 9.91. The fourth-order valence-corrected chi connectivity index (χ4v) is 2.94. The first kappa shape index (κ1) is 12.0. The number of hydrogen-bond donors (Lipinski definition) is 2. The van der Waals surface area contributed by atoms with E-state index in [0.717, 1.165) is 19.4 Å². The van der Waals surface area contributed by atoms with Gasteiger partial charge in [-0.1, -0.05) is 6.07 Å². The third-order valence-corrected chi connectivity index (χ3v) is 3.85. The van der Waals surface area contributed by atoms with Crippen LogP contribution in [0, 0.1) is 5.92 Å². The lowest BCUT2D eigenvalue weighted by Crippen LogP contribution is -2.46. The summed E-state index contributed by atoms with van der Waals surface area (Å²) < 4.78 is 0. The summed E-state index contributed by atoms with van der Waals surface area (Å²) in [6, 6.07) is 5.07. The van der Waals surface area contributed by atoms with E-state index in [1.165, 1.54) is 6.07 Å². The van der Waals surface area contributed by atoms with Crippen LogP contribution in [0.15, 0.2) is 18.2 Å². The largest absolute Gasteiger partial charge is 0.477 e. The average molecular weight is 261 g/mol. The Hall–Kier alpha value is -2.11. The van der Waals surface area contributed by atoms with Gasteiger partial charge < -0.3 is 15.3 Å². The van der Waals surface area contributed by atoms with Crippen molar-refractivity contribution < 1.29 is 14.7 Å². The second kappa shape index (κ2) is 4.53. The summed E-state index contributed by atoms with van der Waals surface area (Å²) in [6.07, 6.45) is 1.82. The van der Waals surface area contributed by atoms with Crippen LogP contribution < -0.4 is 10.2 Å². The molecule has 2 unspecified atom stereocenters. The van der Waals surface area contributed by atoms with Gasteiger partial charge in [0.25, 0.3) is 0 Å². The quantitative estimate of drug-likeness (QED) is 0.809. The zero-order chi connectivity index (χ0) is 13.4. The predicted molar refractivity (Wildman–Crippen MR) is 68.1 cm³/mol. The molecule has 6 nitrogen and oxygen atoms in total. The topological polar surface area (TPSA) is 82.5 Å². The zero-order valence-electron chi connectivity index (χ0n) is 10.4. The van der Waals surface area contributed by atoms with E-state index in [2.05, 4.69) is 15.2 Å². The summed E-state index contributed by atoms with van der Waals surface area (Å²) in [4.78, 5) is 28.9. The van der Waals surface area contributed by atoms with E-state index in [0.29, 0.717) is 12.4 Å². The van der Waals surface area contributed by atoms with Crippen LogP contribution in [0.4, 0.5) is 5.82 Å². The molecule has 2 atom stereocenters. The van der Waals surface area contributed by atoms with Crippen molar-refractivity contribution >= 4 is 17.7 Å². The molecule has 1 aromatic rings. The lowest BCUT2D eigenvalue weighted by Gasteiger charge is -2.36. The first-order valence-corrected chi connectivity index (χ1v) is 6.41. The molecule has 3 heterocycles. The third kappa shape index (κ3) is 2.03. The maximum Gasteiger partial charge on any atom is 0.354 e. The number of hydrogen-bond acceptors (Lipinski definition) is 4. The Bertz CT molecular complexity index is 532. The van der Waals surface area contributed by atoms with Crippen molar-refractivity contribution in [2.75, 3.05) is 18.0 Å². The molecule has 2 aliphatic heterocycles. The standard InChI is InChI=1S/C13H15N3O3/c17-12-8-3-2-6-16(10(8)7-14-12)11-5-1-4-9(15-11)13(18)19/h1,4-5,8,10H,2-3,6-7H2,(H,14,17)(H,18,19). The summed E-state index contributed by atoms with van der Waals surface area (Å²) in [5.41, 5.74) is 0.0388. The monoisotopic (exact) mass is 261 g/mol. The van der Waals surface area contributed by atoms with Crippen LogP contribution in [0.5, 0.6) is 0 Å². The number of carboxylic acids is 1. The Morgan fingerprint density at radius 2 is 2.32 bits per heavy atom. The van der Waals surface area contributed by atoms with Crippen molar-refractivity contribution in [1.29, 1.82) is 0 Å². The van der Waals surface area contributed by atoms with Gasteiger partial charge in [0.1, 0.15) is 5.82 Å². The molecule has 0 bridgehead atoms. The van der Waals surface area contributed by atoms with Gasteiger partial charge in [-0.15, -0.1) is 0 Å². The number of amides is 1. The van der Waals surface area contributed by atoms with Gasteiger partial charge in [-0.3, -0.25) is 4.79 Å². The lowest BCUT2D eigenvalue weighted by molar-refractivity contribution is -0.123. The van der Waals surface area contributed by atoms with E-state index in [1.54, 1.807) is 12.1 Å². The first-order valence-electron chi connectivity index (χ1n) is 6.41. The van der Waals surface area contributed by atoms with Crippen molar-refractivity contribution in [2.24, 2.45) is 5.92 Å². The molecule has 2 saturated heterocycles. The van der Waals surface area contributed by atoms with Crippen LogP contribution in [0.3, 0.4) is 0 Å². The van der Waals surface area contributed by atoms with E-state index < -0.39 is 5.97 Å². The van der Waals surface area contributed by atoms with E-state index in [-0.39, 0.29) is 23.6 Å². The van der Waals surface area contributed by atoms with Gasteiger partial charge >= 0.3 is 5.97 Å². The number of carbonyl (C=O) groups is 2. The maximum absolute atomic E-state index is 11.7. The van der Waals surface area contributed by atoms with Crippen molar-refractivity contribution in [1.82, 2.24) is 10.3 Å². The molecule has 2 fully saturated rings. The normalized spacial score (nSPS) is 25.9. The molecular weight excluding hydrogens is 246 g/mol. The van der Waals surface area contributed by atoms with E-state index in [1.807, 2.05) is 0 Å². The zero-order valence-corrected chi connectivity index (χ0v) is 10.4. The molecule has 0 aromatic carbocycles. The maximum atomic E-state index is 11.7. The van der Waals surface area contributed by atoms with Gasteiger partial charge in [0.2, 0.25) is 5.91 Å². The smallest absolute Gasteiger partial charge is 0.354 e. The molecule has 3 rings (SSSR count). The van der Waals surface area contributed by atoms with Gasteiger partial charge in [-0.2, -0.15) is 0 Å². The minimum atomic E-state index is -1.03. The number of carbonyl (C=O) groups excluding carboxylic acids is 1. The fraction of sp³-hybridized carbons (Fsp3) is 0.462. The number of rotatable bonds is 2. The molecule has 100 valence electrons. The van der Waals surface area contributed by atoms with Crippen LogP contribution in [0.25, 0.3) is 0 Å². The molecule has 1 amide bonds. The average Bonchev–Trinajstić information content (AvgIpc) is 2.81. The van der Waals surface area contributed by atoms with E-state index in [9.17, 15) is 9.59 Å². The number of piperidine rings is 1. The first-order chi connectivity index (χ1) is 9.16. The molecular formula is C13H15N3O3. The predicted octanol–water partition coefficient (Wildman–Crippen LogP) is 0.495. The Labute approximate surface area is 110 Å². The van der Waals surface area contributed by atoms with E-state index >= 15 is 0 Å². The van der Waals surface area contributed by atoms with Crippen LogP contribution in [0.1, 0.15) is 23.3 Å². The van der Waals surface area contributed by atoms with Gasteiger partial charge in [0.05, 0.1) is 12.0 Å². The van der Waals surface area contributed by atoms with Crippen LogP contribution in [-0.4, -0.2) is 41.1 Å². The molecule has 1 aromatic heterocycles. The number of aromatic nitrogens is 1. The van der Waals surface area contributed by atoms with Crippen LogP contribution in [-0.2, 0) is 4.79 Å². The summed E-state index contributed by atoms with van der Waals surface area (Å²) in [7, 11) is 0. The Kier molecular flexibility index (Phi) is 2.85. The highest BCUT2D eigenvalue weighted by molar-refractivity contribution is 5.86. The number of nitrogens with zero attached hydrogens (tertiary/aromatic N) is 2. The number of nitrogens with one attached hydrogen (secondary N) is 1. The van der Waals surface area contributed by atoms with Crippen molar-refractivity contribution in [2.45, 2.75) is 18.9 Å². The van der Waals surface area contributed by atoms with Crippen molar-refractivity contribution in [3.8, 4) is 0 Å². The molecule has 6 heteroatoms. The number of anilines is 1. The minimum Gasteiger partial charge on any atom is -0.477 e. The Morgan fingerprint density at radius 1 is 1.47 bits per heavy atom. The van der Waals surface area contributed by atoms with Gasteiger partial charge in [0, 0.05) is 13.1 Å². The van der Waals surface area contributed by atoms with Crippen molar-refractivity contribution in [3.05, 3.63) is 23.9 Å². The Balaban J connectivity index is 1.91. The third-order valence-electron chi connectivity index (χ3n) is 3.85.